The van der Waals surface area contributed by atoms with Gasteiger partial charge in [0.1, 0.15) is 6.61 Å². The first-order valence-electron chi connectivity index (χ1n) is 8.68. The van der Waals surface area contributed by atoms with E-state index >= 15 is 0 Å². The zero-order valence-electron chi connectivity index (χ0n) is 14.8. The van der Waals surface area contributed by atoms with Gasteiger partial charge in [0.2, 0.25) is 0 Å². The quantitative estimate of drug-likeness (QED) is 0.576. The van der Waals surface area contributed by atoms with Gasteiger partial charge in [0.05, 0.1) is 0 Å². The van der Waals surface area contributed by atoms with Crippen LogP contribution < -0.4 is 5.32 Å². The van der Waals surface area contributed by atoms with E-state index < -0.39 is 6.09 Å². The molecule has 0 fully saturated rings. The van der Waals surface area contributed by atoms with E-state index in [1.165, 1.54) is 0 Å². The molecule has 27 heavy (non-hydrogen) atoms. The van der Waals surface area contributed by atoms with Gasteiger partial charge in [-0.3, -0.25) is 0 Å². The molecule has 0 aliphatic carbocycles. The molecule has 0 saturated carbocycles. The number of alkyl carbamates (subject to hydrolysis) is 1. The SMILES string of the molecule is O=C(NCC=Cc1cccc(-c2ccc(Cl)cc2)c1)OCc1ccccc1. The van der Waals surface area contributed by atoms with Gasteiger partial charge in [0.25, 0.3) is 0 Å². The third kappa shape index (κ3) is 6.01. The van der Waals surface area contributed by atoms with Crippen LogP contribution in [0.1, 0.15) is 11.1 Å². The maximum atomic E-state index is 11.7. The highest BCUT2D eigenvalue weighted by molar-refractivity contribution is 6.30. The van der Waals surface area contributed by atoms with E-state index in [2.05, 4.69) is 17.4 Å². The third-order valence-corrected chi connectivity index (χ3v) is 4.20. The fraction of sp³-hybridized carbons (Fsp3) is 0.0870. The van der Waals surface area contributed by atoms with Crippen LogP contribution in [0.25, 0.3) is 17.2 Å². The first-order chi connectivity index (χ1) is 13.2. The van der Waals surface area contributed by atoms with E-state index in [1.807, 2.05) is 78.9 Å². The van der Waals surface area contributed by atoms with Crippen molar-refractivity contribution in [2.75, 3.05) is 6.54 Å². The molecule has 3 rings (SSSR count). The molecule has 4 heteroatoms. The van der Waals surface area contributed by atoms with Crippen molar-refractivity contribution in [1.29, 1.82) is 0 Å². The maximum Gasteiger partial charge on any atom is 0.407 e. The minimum Gasteiger partial charge on any atom is -0.445 e. The topological polar surface area (TPSA) is 38.3 Å². The molecule has 1 N–H and O–H groups in total. The molecule has 0 atom stereocenters. The summed E-state index contributed by atoms with van der Waals surface area (Å²) in [5, 5.41) is 3.44. The lowest BCUT2D eigenvalue weighted by Crippen LogP contribution is -2.24. The number of rotatable bonds is 6. The van der Waals surface area contributed by atoms with Crippen LogP contribution in [0.15, 0.2) is 84.9 Å². The average molecular weight is 378 g/mol. The smallest absolute Gasteiger partial charge is 0.407 e. The molecule has 3 aromatic carbocycles. The lowest BCUT2D eigenvalue weighted by atomic mass is 10.0. The fourth-order valence-corrected chi connectivity index (χ4v) is 2.70. The predicted molar refractivity (Wildman–Crippen MR) is 111 cm³/mol. The van der Waals surface area contributed by atoms with Gasteiger partial charge >= 0.3 is 6.09 Å². The van der Waals surface area contributed by atoms with Crippen molar-refractivity contribution >= 4 is 23.8 Å². The molecule has 0 bridgehead atoms. The molecule has 136 valence electrons. The van der Waals surface area contributed by atoms with Gasteiger partial charge < -0.3 is 10.1 Å². The Morgan fingerprint density at radius 2 is 1.70 bits per heavy atom. The molecule has 0 heterocycles. The molecule has 0 radical (unpaired) electrons. The molecule has 0 unspecified atom stereocenters. The van der Waals surface area contributed by atoms with E-state index in [0.29, 0.717) is 6.54 Å². The van der Waals surface area contributed by atoms with Crippen molar-refractivity contribution in [1.82, 2.24) is 5.32 Å². The third-order valence-electron chi connectivity index (χ3n) is 3.95. The molecule has 0 saturated heterocycles. The van der Waals surface area contributed by atoms with E-state index in [0.717, 1.165) is 27.3 Å². The summed E-state index contributed by atoms with van der Waals surface area (Å²) in [4.78, 5) is 11.7. The number of benzene rings is 3. The first kappa shape index (κ1) is 18.7. The van der Waals surface area contributed by atoms with Crippen LogP contribution >= 0.6 is 11.6 Å². The second kappa shape index (κ2) is 9.60. The Bertz CT molecular complexity index is 905. The zero-order valence-corrected chi connectivity index (χ0v) is 15.5. The van der Waals surface area contributed by atoms with Gasteiger partial charge in [-0.05, 0) is 40.5 Å². The lowest BCUT2D eigenvalue weighted by molar-refractivity contribution is 0.141. The second-order valence-corrected chi connectivity index (χ2v) is 6.41. The molecule has 0 aromatic heterocycles. The maximum absolute atomic E-state index is 11.7. The van der Waals surface area contributed by atoms with Crippen LogP contribution in [0.2, 0.25) is 5.02 Å². The Hall–Kier alpha value is -3.04. The monoisotopic (exact) mass is 377 g/mol. The summed E-state index contributed by atoms with van der Waals surface area (Å²) < 4.78 is 5.17. The van der Waals surface area contributed by atoms with Crippen LogP contribution in [0.3, 0.4) is 0 Å². The minimum atomic E-state index is -0.432. The number of carbonyl (C=O) groups excluding carboxylic acids is 1. The van der Waals surface area contributed by atoms with E-state index in [1.54, 1.807) is 0 Å². The highest BCUT2D eigenvalue weighted by atomic mass is 35.5. The number of ether oxygens (including phenoxy) is 1. The Labute approximate surface area is 164 Å². The van der Waals surface area contributed by atoms with Crippen LogP contribution in [-0.2, 0) is 11.3 Å². The highest BCUT2D eigenvalue weighted by Crippen LogP contribution is 2.22. The summed E-state index contributed by atoms with van der Waals surface area (Å²) in [6.45, 7) is 0.665. The first-order valence-corrected chi connectivity index (χ1v) is 9.05. The lowest BCUT2D eigenvalue weighted by Gasteiger charge is -2.05. The number of hydrogen-bond acceptors (Lipinski definition) is 2. The van der Waals surface area contributed by atoms with Crippen LogP contribution in [-0.4, -0.2) is 12.6 Å². The molecule has 3 nitrogen and oxygen atoms in total. The fourth-order valence-electron chi connectivity index (χ4n) is 2.58. The zero-order chi connectivity index (χ0) is 18.9. The molecule has 0 aliphatic rings. The van der Waals surface area contributed by atoms with Gasteiger partial charge in [0.15, 0.2) is 0 Å². The number of nitrogens with one attached hydrogen (secondary N) is 1. The van der Waals surface area contributed by atoms with E-state index in [9.17, 15) is 4.79 Å². The summed E-state index contributed by atoms with van der Waals surface area (Å²) in [5.74, 6) is 0. The molecular formula is C23H20ClNO2. The summed E-state index contributed by atoms with van der Waals surface area (Å²) in [7, 11) is 0. The summed E-state index contributed by atoms with van der Waals surface area (Å²) in [5.41, 5.74) is 4.24. The van der Waals surface area contributed by atoms with Crippen LogP contribution in [0, 0.1) is 0 Å². The Morgan fingerprint density at radius 3 is 2.48 bits per heavy atom. The van der Waals surface area contributed by atoms with Crippen molar-refractivity contribution in [3.05, 3.63) is 101 Å². The van der Waals surface area contributed by atoms with Crippen LogP contribution in [0.5, 0.6) is 0 Å². The van der Waals surface area contributed by atoms with E-state index in [-0.39, 0.29) is 6.61 Å². The van der Waals surface area contributed by atoms with Crippen LogP contribution in [0.4, 0.5) is 4.79 Å². The normalized spacial score (nSPS) is 10.7. The number of halogens is 1. The molecular weight excluding hydrogens is 358 g/mol. The number of hydrogen-bond donors (Lipinski definition) is 1. The van der Waals surface area contributed by atoms with Crippen molar-refractivity contribution < 1.29 is 9.53 Å². The molecule has 0 spiro atoms. The number of amides is 1. The Balaban J connectivity index is 1.49. The van der Waals surface area contributed by atoms with Gasteiger partial charge in [-0.15, -0.1) is 0 Å². The van der Waals surface area contributed by atoms with Crippen molar-refractivity contribution in [3.63, 3.8) is 0 Å². The summed E-state index contributed by atoms with van der Waals surface area (Å²) >= 11 is 5.94. The Morgan fingerprint density at radius 1 is 0.926 bits per heavy atom. The minimum absolute atomic E-state index is 0.263. The molecule has 3 aromatic rings. The standard InChI is InChI=1S/C23H20ClNO2/c24-22-13-11-20(12-14-22)21-10-4-8-18(16-21)9-5-15-25-23(26)27-17-19-6-2-1-3-7-19/h1-14,16H,15,17H2,(H,25,26). The highest BCUT2D eigenvalue weighted by Gasteiger charge is 2.01. The van der Waals surface area contributed by atoms with Gasteiger partial charge in [-0.25, -0.2) is 4.79 Å². The van der Waals surface area contributed by atoms with Gasteiger partial charge in [0, 0.05) is 11.6 Å². The largest absolute Gasteiger partial charge is 0.445 e. The van der Waals surface area contributed by atoms with Crippen molar-refractivity contribution in [3.8, 4) is 11.1 Å². The van der Waals surface area contributed by atoms with Gasteiger partial charge in [-0.1, -0.05) is 84.4 Å². The van der Waals surface area contributed by atoms with Crippen molar-refractivity contribution in [2.45, 2.75) is 6.61 Å². The number of carbonyl (C=O) groups is 1. The summed E-state index contributed by atoms with van der Waals surface area (Å²) in [6, 6.07) is 25.5. The molecule has 0 aliphatic heterocycles. The molecule has 1 amide bonds. The second-order valence-electron chi connectivity index (χ2n) is 5.98. The average Bonchev–Trinajstić information content (AvgIpc) is 2.71. The van der Waals surface area contributed by atoms with Gasteiger partial charge in [-0.2, -0.15) is 0 Å². The van der Waals surface area contributed by atoms with E-state index in [4.69, 9.17) is 16.3 Å². The Kier molecular flexibility index (Phi) is 6.66. The predicted octanol–water partition coefficient (Wildman–Crippen LogP) is 5.95. The summed E-state index contributed by atoms with van der Waals surface area (Å²) in [6.07, 6.45) is 3.43. The van der Waals surface area contributed by atoms with Crippen molar-refractivity contribution in [2.24, 2.45) is 0 Å².